The molecule has 10 heteroatoms. The Labute approximate surface area is 149 Å². The standard InChI is InChI=1S/C16H18F3N3O3S/c1-11(23)13-2-3-14(9-20)15(8-13)21-10-12-4-6-22(7-5-12)26(24,25)16(17,18)19/h2-3,8,12,21H,4-7,10H2,1H3. The van der Waals surface area contributed by atoms with Crippen LogP contribution < -0.4 is 5.32 Å². The smallest absolute Gasteiger partial charge is 0.384 e. The molecule has 0 saturated carbocycles. The van der Waals surface area contributed by atoms with Crippen LogP contribution in [0.5, 0.6) is 0 Å². The Morgan fingerprint density at radius 3 is 2.46 bits per heavy atom. The third-order valence-electron chi connectivity index (χ3n) is 4.33. The molecule has 1 aromatic rings. The zero-order valence-corrected chi connectivity index (χ0v) is 14.8. The highest BCUT2D eigenvalue weighted by atomic mass is 32.2. The molecule has 0 unspecified atom stereocenters. The van der Waals surface area contributed by atoms with Gasteiger partial charge in [0.15, 0.2) is 5.78 Å². The second kappa shape index (κ2) is 7.63. The van der Waals surface area contributed by atoms with Crippen molar-refractivity contribution in [1.29, 1.82) is 5.26 Å². The largest absolute Gasteiger partial charge is 0.511 e. The molecule has 1 fully saturated rings. The van der Waals surface area contributed by atoms with Crippen molar-refractivity contribution in [3.8, 4) is 6.07 Å². The first kappa shape index (κ1) is 20.2. The molecule has 6 nitrogen and oxygen atoms in total. The molecule has 0 radical (unpaired) electrons. The van der Waals surface area contributed by atoms with E-state index in [4.69, 9.17) is 5.26 Å². The molecule has 142 valence electrons. The quantitative estimate of drug-likeness (QED) is 0.782. The number of hydrogen-bond acceptors (Lipinski definition) is 5. The van der Waals surface area contributed by atoms with E-state index in [-0.39, 0.29) is 37.6 Å². The van der Waals surface area contributed by atoms with Gasteiger partial charge in [-0.15, -0.1) is 0 Å². The number of sulfonamides is 1. The molecule has 0 amide bonds. The Morgan fingerprint density at radius 2 is 1.96 bits per heavy atom. The highest BCUT2D eigenvalue weighted by molar-refractivity contribution is 7.90. The van der Waals surface area contributed by atoms with Gasteiger partial charge in [-0.25, -0.2) is 8.42 Å². The van der Waals surface area contributed by atoms with E-state index in [0.717, 1.165) is 0 Å². The number of carbonyl (C=O) groups excluding carboxylic acids is 1. The van der Waals surface area contributed by atoms with Gasteiger partial charge in [-0.05, 0) is 43.9 Å². The Morgan fingerprint density at radius 1 is 1.35 bits per heavy atom. The van der Waals surface area contributed by atoms with Gasteiger partial charge in [0, 0.05) is 25.2 Å². The highest BCUT2D eigenvalue weighted by Gasteiger charge is 2.50. The number of Topliss-reactive ketones (excluding diaryl/α,β-unsaturated/α-hetero) is 1. The number of nitrogens with one attached hydrogen (secondary N) is 1. The Balaban J connectivity index is 1.98. The minimum atomic E-state index is -5.28. The first-order valence-corrected chi connectivity index (χ1v) is 9.35. The number of carbonyl (C=O) groups is 1. The summed E-state index contributed by atoms with van der Waals surface area (Å²) in [5, 5.41) is 12.2. The molecule has 1 aliphatic heterocycles. The van der Waals surface area contributed by atoms with Crippen molar-refractivity contribution in [2.45, 2.75) is 25.3 Å². The maximum Gasteiger partial charge on any atom is 0.511 e. The van der Waals surface area contributed by atoms with Gasteiger partial charge < -0.3 is 5.32 Å². The number of rotatable bonds is 5. The molecule has 2 rings (SSSR count). The number of anilines is 1. The van der Waals surface area contributed by atoms with Gasteiger partial charge in [-0.1, -0.05) is 0 Å². The number of alkyl halides is 3. The van der Waals surface area contributed by atoms with Crippen LogP contribution in [0.2, 0.25) is 0 Å². The van der Waals surface area contributed by atoms with E-state index in [0.29, 0.717) is 27.7 Å². The summed E-state index contributed by atoms with van der Waals surface area (Å²) in [6, 6.07) is 6.64. The Bertz CT molecular complexity index is 823. The molecule has 1 aromatic carbocycles. The number of nitrogens with zero attached hydrogens (tertiary/aromatic N) is 2. The fourth-order valence-corrected chi connectivity index (χ4v) is 3.75. The molecule has 1 N–H and O–H groups in total. The average Bonchev–Trinajstić information content (AvgIpc) is 2.59. The van der Waals surface area contributed by atoms with Crippen molar-refractivity contribution >= 4 is 21.5 Å². The fourth-order valence-electron chi connectivity index (χ4n) is 2.76. The van der Waals surface area contributed by atoms with Crippen LogP contribution in [0, 0.1) is 17.2 Å². The molecule has 26 heavy (non-hydrogen) atoms. The van der Waals surface area contributed by atoms with Crippen molar-refractivity contribution in [2.24, 2.45) is 5.92 Å². The molecule has 0 atom stereocenters. The number of halogens is 3. The molecule has 1 aliphatic rings. The second-order valence-corrected chi connectivity index (χ2v) is 8.03. The third kappa shape index (κ3) is 4.34. The lowest BCUT2D eigenvalue weighted by molar-refractivity contribution is -0.0496. The van der Waals surface area contributed by atoms with Crippen LogP contribution in [-0.4, -0.2) is 43.6 Å². The van der Waals surface area contributed by atoms with Gasteiger partial charge in [-0.2, -0.15) is 22.7 Å². The Hall–Kier alpha value is -2.12. The number of piperidine rings is 1. The van der Waals surface area contributed by atoms with Crippen molar-refractivity contribution in [3.05, 3.63) is 29.3 Å². The normalized spacial score (nSPS) is 16.9. The molecular weight excluding hydrogens is 371 g/mol. The topological polar surface area (TPSA) is 90.3 Å². The molecule has 0 bridgehead atoms. The molecule has 0 spiro atoms. The fraction of sp³-hybridized carbons (Fsp3) is 0.500. The SMILES string of the molecule is CC(=O)c1ccc(C#N)c(NCC2CCN(S(=O)(=O)C(F)(F)F)CC2)c1. The van der Waals surface area contributed by atoms with Gasteiger partial charge in [0.2, 0.25) is 0 Å². The van der Waals surface area contributed by atoms with E-state index in [9.17, 15) is 26.4 Å². The predicted octanol–water partition coefficient (Wildman–Crippen LogP) is 2.73. The van der Waals surface area contributed by atoms with Gasteiger partial charge >= 0.3 is 15.5 Å². The zero-order valence-electron chi connectivity index (χ0n) is 14.0. The van der Waals surface area contributed by atoms with E-state index in [2.05, 4.69) is 5.32 Å². The van der Waals surface area contributed by atoms with Crippen molar-refractivity contribution in [3.63, 3.8) is 0 Å². The summed E-state index contributed by atoms with van der Waals surface area (Å²) in [5.74, 6) is -0.189. The first-order chi connectivity index (χ1) is 12.1. The number of hydrogen-bond donors (Lipinski definition) is 1. The highest BCUT2D eigenvalue weighted by Crippen LogP contribution is 2.30. The lowest BCUT2D eigenvalue weighted by atomic mass is 9.97. The van der Waals surface area contributed by atoms with Crippen molar-refractivity contribution in [1.82, 2.24) is 4.31 Å². The van der Waals surface area contributed by atoms with Crippen LogP contribution in [0.3, 0.4) is 0 Å². The summed E-state index contributed by atoms with van der Waals surface area (Å²) >= 11 is 0. The summed E-state index contributed by atoms with van der Waals surface area (Å²) in [4.78, 5) is 11.4. The van der Waals surface area contributed by atoms with Crippen molar-refractivity contribution in [2.75, 3.05) is 25.0 Å². The van der Waals surface area contributed by atoms with E-state index < -0.39 is 15.5 Å². The number of ketones is 1. The van der Waals surface area contributed by atoms with Crippen LogP contribution in [0.15, 0.2) is 18.2 Å². The predicted molar refractivity (Wildman–Crippen MR) is 88.9 cm³/mol. The maximum absolute atomic E-state index is 12.6. The summed E-state index contributed by atoms with van der Waals surface area (Å²) in [6.45, 7) is 1.37. The lowest BCUT2D eigenvalue weighted by Crippen LogP contribution is -2.45. The minimum absolute atomic E-state index is 0.0396. The van der Waals surface area contributed by atoms with Crippen molar-refractivity contribution < 1.29 is 26.4 Å². The number of benzene rings is 1. The molecular formula is C16H18F3N3O3S. The average molecular weight is 389 g/mol. The van der Waals surface area contributed by atoms with Gasteiger partial charge in [0.25, 0.3) is 0 Å². The first-order valence-electron chi connectivity index (χ1n) is 7.91. The monoisotopic (exact) mass is 389 g/mol. The van der Waals surface area contributed by atoms with Crippen LogP contribution in [0.25, 0.3) is 0 Å². The number of nitriles is 1. The lowest BCUT2D eigenvalue weighted by Gasteiger charge is -2.31. The van der Waals surface area contributed by atoms with Gasteiger partial charge in [0.1, 0.15) is 6.07 Å². The van der Waals surface area contributed by atoms with Crippen LogP contribution in [0.1, 0.15) is 35.7 Å². The maximum atomic E-state index is 12.6. The molecule has 0 aliphatic carbocycles. The second-order valence-electron chi connectivity index (χ2n) is 6.10. The van der Waals surface area contributed by atoms with E-state index >= 15 is 0 Å². The van der Waals surface area contributed by atoms with Crippen LogP contribution in [-0.2, 0) is 10.0 Å². The van der Waals surface area contributed by atoms with Crippen LogP contribution >= 0.6 is 0 Å². The Kier molecular flexibility index (Phi) is 5.93. The molecule has 1 saturated heterocycles. The summed E-state index contributed by atoms with van der Waals surface area (Å²) < 4.78 is 61.0. The van der Waals surface area contributed by atoms with Crippen LogP contribution in [0.4, 0.5) is 18.9 Å². The third-order valence-corrected chi connectivity index (χ3v) is 5.96. The molecule has 1 heterocycles. The minimum Gasteiger partial charge on any atom is -0.384 e. The van der Waals surface area contributed by atoms with Gasteiger partial charge in [0.05, 0.1) is 11.3 Å². The summed E-state index contributed by atoms with van der Waals surface area (Å²) in [5.41, 5.74) is -4.01. The zero-order chi connectivity index (χ0) is 19.5. The van der Waals surface area contributed by atoms with E-state index in [1.165, 1.54) is 13.0 Å². The summed E-state index contributed by atoms with van der Waals surface area (Å²) in [6.07, 6.45) is 0.549. The van der Waals surface area contributed by atoms with E-state index in [1.807, 2.05) is 6.07 Å². The van der Waals surface area contributed by atoms with E-state index in [1.54, 1.807) is 12.1 Å². The summed E-state index contributed by atoms with van der Waals surface area (Å²) in [7, 11) is -5.28. The molecule has 0 aromatic heterocycles. The van der Waals surface area contributed by atoms with Gasteiger partial charge in [-0.3, -0.25) is 4.79 Å².